The van der Waals surface area contributed by atoms with E-state index in [1.165, 1.54) is 7.11 Å². The molecule has 1 rings (SSSR count). The molecule has 1 heterocycles. The molecule has 0 saturated carbocycles. The summed E-state index contributed by atoms with van der Waals surface area (Å²) in [7, 11) is 1.47. The third kappa shape index (κ3) is 2.99. The molecule has 5 heteroatoms. The van der Waals surface area contributed by atoms with E-state index in [1.807, 2.05) is 6.92 Å². The molecule has 0 bridgehead atoms. The summed E-state index contributed by atoms with van der Waals surface area (Å²) in [4.78, 5) is 11.5. The fraction of sp³-hybridized carbons (Fsp3) is 0.500. The van der Waals surface area contributed by atoms with E-state index in [4.69, 9.17) is 10.5 Å². The average Bonchev–Trinajstić information content (AvgIpc) is 2.57. The summed E-state index contributed by atoms with van der Waals surface area (Å²) in [6.07, 6.45) is 2.66. The highest BCUT2D eigenvalue weighted by molar-refractivity contribution is 5.89. The molecular formula is C10H16N2O3. The van der Waals surface area contributed by atoms with Gasteiger partial charge in [-0.25, -0.2) is 4.79 Å². The van der Waals surface area contributed by atoms with E-state index in [9.17, 15) is 4.79 Å². The minimum absolute atomic E-state index is 0.0456. The minimum atomic E-state index is -0.415. The Hall–Kier alpha value is -1.49. The molecule has 0 atom stereocenters. The van der Waals surface area contributed by atoms with Crippen molar-refractivity contribution in [2.45, 2.75) is 19.9 Å². The van der Waals surface area contributed by atoms with Crippen LogP contribution in [0.1, 0.15) is 23.8 Å². The molecule has 0 saturated heterocycles. The number of rotatable bonds is 5. The summed E-state index contributed by atoms with van der Waals surface area (Å²) >= 11 is 0. The first-order chi connectivity index (χ1) is 7.19. The van der Waals surface area contributed by atoms with Crippen molar-refractivity contribution in [3.05, 3.63) is 18.0 Å². The summed E-state index contributed by atoms with van der Waals surface area (Å²) in [5.41, 5.74) is 6.64. The molecule has 0 spiro atoms. The van der Waals surface area contributed by atoms with Crippen LogP contribution in [-0.4, -0.2) is 24.4 Å². The van der Waals surface area contributed by atoms with Gasteiger partial charge in [0.1, 0.15) is 5.69 Å². The smallest absolute Gasteiger partial charge is 0.357 e. The monoisotopic (exact) mass is 212 g/mol. The Morgan fingerprint density at radius 2 is 2.33 bits per heavy atom. The Balaban J connectivity index is 2.77. The lowest BCUT2D eigenvalue weighted by atomic mass is 10.4. The van der Waals surface area contributed by atoms with Crippen LogP contribution >= 0.6 is 0 Å². The molecule has 0 unspecified atom stereocenters. The van der Waals surface area contributed by atoms with Crippen LogP contribution in [0.4, 0.5) is 5.69 Å². The first-order valence-electron chi connectivity index (χ1n) is 4.80. The standard InChI is InChI=1S/C10H16N2O3/c1-3-4-12-6-8(11)5-9(12)10(13)15-7-14-2/h5-6H,3-4,7,11H2,1-2H3. The molecule has 15 heavy (non-hydrogen) atoms. The van der Waals surface area contributed by atoms with Crippen LogP contribution in [-0.2, 0) is 16.0 Å². The zero-order valence-electron chi connectivity index (χ0n) is 9.03. The highest BCUT2D eigenvalue weighted by Gasteiger charge is 2.13. The van der Waals surface area contributed by atoms with Crippen molar-refractivity contribution >= 4 is 11.7 Å². The van der Waals surface area contributed by atoms with Gasteiger partial charge in [-0.1, -0.05) is 6.92 Å². The molecule has 5 nitrogen and oxygen atoms in total. The number of nitrogens with zero attached hydrogens (tertiary/aromatic N) is 1. The highest BCUT2D eigenvalue weighted by Crippen LogP contribution is 2.12. The van der Waals surface area contributed by atoms with Gasteiger partial charge in [0.2, 0.25) is 0 Å². The summed E-state index contributed by atoms with van der Waals surface area (Å²) in [6.45, 7) is 2.73. The van der Waals surface area contributed by atoms with E-state index in [0.717, 1.165) is 13.0 Å². The lowest BCUT2D eigenvalue weighted by Gasteiger charge is -2.06. The number of methoxy groups -OCH3 is 1. The zero-order valence-corrected chi connectivity index (χ0v) is 9.03. The predicted octanol–water partition coefficient (Wildman–Crippen LogP) is 1.24. The number of nitrogens with two attached hydrogens (primary N) is 1. The van der Waals surface area contributed by atoms with Crippen LogP contribution in [0, 0.1) is 0 Å². The van der Waals surface area contributed by atoms with Crippen LogP contribution in [0.2, 0.25) is 0 Å². The van der Waals surface area contributed by atoms with Crippen molar-refractivity contribution < 1.29 is 14.3 Å². The number of nitrogen functional groups attached to an aromatic ring is 1. The molecule has 0 aliphatic rings. The topological polar surface area (TPSA) is 66.5 Å². The van der Waals surface area contributed by atoms with Crippen molar-refractivity contribution in [1.29, 1.82) is 0 Å². The average molecular weight is 212 g/mol. The Kier molecular flexibility index (Phi) is 4.17. The zero-order chi connectivity index (χ0) is 11.3. The lowest BCUT2D eigenvalue weighted by Crippen LogP contribution is -2.13. The molecule has 0 fully saturated rings. The molecule has 0 aliphatic heterocycles. The van der Waals surface area contributed by atoms with Gasteiger partial charge in [0.05, 0.1) is 5.69 Å². The second kappa shape index (κ2) is 5.41. The molecule has 2 N–H and O–H groups in total. The van der Waals surface area contributed by atoms with E-state index in [2.05, 4.69) is 4.74 Å². The number of carbonyl (C=O) groups is 1. The fourth-order valence-electron chi connectivity index (χ4n) is 1.32. The maximum absolute atomic E-state index is 11.5. The number of hydrogen-bond donors (Lipinski definition) is 1. The van der Waals surface area contributed by atoms with Gasteiger partial charge in [-0.15, -0.1) is 0 Å². The summed E-state index contributed by atoms with van der Waals surface area (Å²) in [5, 5.41) is 0. The summed E-state index contributed by atoms with van der Waals surface area (Å²) in [5.74, 6) is -0.415. The minimum Gasteiger partial charge on any atom is -0.434 e. The summed E-state index contributed by atoms with van der Waals surface area (Å²) < 4.78 is 11.3. The number of esters is 1. The van der Waals surface area contributed by atoms with Crippen molar-refractivity contribution in [3.8, 4) is 0 Å². The summed E-state index contributed by atoms with van der Waals surface area (Å²) in [6, 6.07) is 1.60. The Morgan fingerprint density at radius 1 is 1.60 bits per heavy atom. The molecule has 1 aromatic heterocycles. The first-order valence-corrected chi connectivity index (χ1v) is 4.80. The SMILES string of the molecule is CCCn1cc(N)cc1C(=O)OCOC. The maximum Gasteiger partial charge on any atom is 0.357 e. The number of aromatic nitrogens is 1. The Morgan fingerprint density at radius 3 is 2.93 bits per heavy atom. The first kappa shape index (κ1) is 11.6. The van der Waals surface area contributed by atoms with Crippen LogP contribution in [0.5, 0.6) is 0 Å². The highest BCUT2D eigenvalue weighted by atomic mass is 16.7. The van der Waals surface area contributed by atoms with Gasteiger partial charge >= 0.3 is 5.97 Å². The van der Waals surface area contributed by atoms with Gasteiger partial charge in [0, 0.05) is 19.9 Å². The third-order valence-electron chi connectivity index (χ3n) is 1.90. The van der Waals surface area contributed by atoms with Crippen molar-refractivity contribution in [1.82, 2.24) is 4.57 Å². The number of aryl methyl sites for hydroxylation is 1. The van der Waals surface area contributed by atoms with E-state index in [0.29, 0.717) is 11.4 Å². The van der Waals surface area contributed by atoms with Gasteiger partial charge in [0.15, 0.2) is 6.79 Å². The van der Waals surface area contributed by atoms with Crippen molar-refractivity contribution in [3.63, 3.8) is 0 Å². The number of anilines is 1. The van der Waals surface area contributed by atoms with Gasteiger partial charge < -0.3 is 19.8 Å². The van der Waals surface area contributed by atoms with E-state index >= 15 is 0 Å². The van der Waals surface area contributed by atoms with Gasteiger partial charge in [-0.2, -0.15) is 0 Å². The molecule has 0 aliphatic carbocycles. The fourth-order valence-corrected chi connectivity index (χ4v) is 1.32. The Bertz CT molecular complexity index is 333. The second-order valence-corrected chi connectivity index (χ2v) is 3.19. The van der Waals surface area contributed by atoms with Crippen LogP contribution < -0.4 is 5.73 Å². The van der Waals surface area contributed by atoms with E-state index in [-0.39, 0.29) is 6.79 Å². The molecule has 0 aromatic carbocycles. The molecule has 0 amide bonds. The maximum atomic E-state index is 11.5. The lowest BCUT2D eigenvalue weighted by molar-refractivity contribution is -0.0133. The Labute approximate surface area is 88.8 Å². The van der Waals surface area contributed by atoms with Gasteiger partial charge in [-0.3, -0.25) is 0 Å². The normalized spacial score (nSPS) is 10.3. The number of carbonyl (C=O) groups excluding carboxylic acids is 1. The predicted molar refractivity (Wildman–Crippen MR) is 56.4 cm³/mol. The molecule has 84 valence electrons. The largest absolute Gasteiger partial charge is 0.434 e. The van der Waals surface area contributed by atoms with Crippen LogP contribution in [0.3, 0.4) is 0 Å². The van der Waals surface area contributed by atoms with Gasteiger partial charge in [0.25, 0.3) is 0 Å². The van der Waals surface area contributed by atoms with Crippen LogP contribution in [0.15, 0.2) is 12.3 Å². The number of ether oxygens (including phenoxy) is 2. The molecular weight excluding hydrogens is 196 g/mol. The van der Waals surface area contributed by atoms with E-state index in [1.54, 1.807) is 16.8 Å². The molecule has 1 aromatic rings. The number of hydrogen-bond acceptors (Lipinski definition) is 4. The van der Waals surface area contributed by atoms with Gasteiger partial charge in [-0.05, 0) is 12.5 Å². The second-order valence-electron chi connectivity index (χ2n) is 3.19. The van der Waals surface area contributed by atoms with E-state index < -0.39 is 5.97 Å². The van der Waals surface area contributed by atoms with Crippen molar-refractivity contribution in [2.24, 2.45) is 0 Å². The molecule has 0 radical (unpaired) electrons. The van der Waals surface area contributed by atoms with Crippen molar-refractivity contribution in [2.75, 3.05) is 19.6 Å². The third-order valence-corrected chi connectivity index (χ3v) is 1.90. The van der Waals surface area contributed by atoms with Crippen LogP contribution in [0.25, 0.3) is 0 Å². The quantitative estimate of drug-likeness (QED) is 0.589.